The fraction of sp³-hybridized carbons (Fsp3) is 0.350. The molecule has 0 aromatic heterocycles. The van der Waals surface area contributed by atoms with Gasteiger partial charge in [-0.15, -0.1) is 11.8 Å². The Hall–Kier alpha value is -1.74. The van der Waals surface area contributed by atoms with E-state index in [-0.39, 0.29) is 22.7 Å². The molecule has 1 atom stereocenters. The number of thioether (sulfide) groups is 1. The molecule has 6 nitrogen and oxygen atoms in total. The summed E-state index contributed by atoms with van der Waals surface area (Å²) in [6.45, 7) is 2.61. The number of sulfonamides is 1. The lowest BCUT2D eigenvalue weighted by Crippen LogP contribution is -2.35. The molecule has 0 saturated carbocycles. The summed E-state index contributed by atoms with van der Waals surface area (Å²) in [6.07, 6.45) is 0.696. The Balaban J connectivity index is 1.80. The number of hydrogen-bond acceptors (Lipinski definition) is 5. The van der Waals surface area contributed by atoms with Gasteiger partial charge >= 0.3 is 0 Å². The van der Waals surface area contributed by atoms with Crippen LogP contribution in [0, 0.1) is 0 Å². The highest BCUT2D eigenvalue weighted by atomic mass is 35.5. The largest absolute Gasteiger partial charge is 0.492 e. The number of nitrogens with zero attached hydrogens (tertiary/aromatic N) is 1. The predicted molar refractivity (Wildman–Crippen MR) is 117 cm³/mol. The highest BCUT2D eigenvalue weighted by molar-refractivity contribution is 8.00. The Bertz CT molecular complexity index is 901. The summed E-state index contributed by atoms with van der Waals surface area (Å²) in [5.41, 5.74) is 0. The fourth-order valence-electron chi connectivity index (χ4n) is 2.38. The Labute approximate surface area is 181 Å². The van der Waals surface area contributed by atoms with Gasteiger partial charge in [-0.05, 0) is 55.0 Å². The van der Waals surface area contributed by atoms with Crippen molar-refractivity contribution in [2.24, 2.45) is 0 Å². The van der Waals surface area contributed by atoms with Gasteiger partial charge in [0, 0.05) is 24.0 Å². The molecule has 1 unspecified atom stereocenters. The van der Waals surface area contributed by atoms with Gasteiger partial charge in [0.05, 0.1) is 16.7 Å². The Kier molecular flexibility index (Phi) is 8.82. The number of hydrogen-bond donors (Lipinski definition) is 1. The van der Waals surface area contributed by atoms with Crippen LogP contribution in [-0.2, 0) is 14.8 Å². The second-order valence-electron chi connectivity index (χ2n) is 6.37. The van der Waals surface area contributed by atoms with Crippen LogP contribution in [-0.4, -0.2) is 51.1 Å². The summed E-state index contributed by atoms with van der Waals surface area (Å²) >= 11 is 7.38. The summed E-state index contributed by atoms with van der Waals surface area (Å²) in [5.74, 6) is 0.489. The molecule has 0 spiro atoms. The molecule has 2 aromatic rings. The number of carbonyl (C=O) groups excluding carboxylic acids is 1. The number of amides is 1. The van der Waals surface area contributed by atoms with E-state index in [1.807, 2.05) is 19.1 Å². The Morgan fingerprint density at radius 2 is 1.76 bits per heavy atom. The van der Waals surface area contributed by atoms with Crippen molar-refractivity contribution in [2.75, 3.05) is 27.2 Å². The van der Waals surface area contributed by atoms with Crippen molar-refractivity contribution in [3.63, 3.8) is 0 Å². The minimum absolute atomic E-state index is 0.0523. The first kappa shape index (κ1) is 23.5. The van der Waals surface area contributed by atoms with Crippen molar-refractivity contribution < 1.29 is 17.9 Å². The van der Waals surface area contributed by atoms with E-state index in [0.29, 0.717) is 23.7 Å². The monoisotopic (exact) mass is 456 g/mol. The molecular formula is C20H25ClN2O4S2. The lowest BCUT2D eigenvalue weighted by atomic mass is 10.3. The number of benzene rings is 2. The zero-order valence-electron chi connectivity index (χ0n) is 16.6. The minimum atomic E-state index is -3.46. The molecule has 0 aliphatic heterocycles. The first-order valence-electron chi connectivity index (χ1n) is 9.09. The molecule has 158 valence electrons. The lowest BCUT2D eigenvalue weighted by molar-refractivity contribution is -0.120. The number of nitrogens with one attached hydrogen (secondary N) is 1. The van der Waals surface area contributed by atoms with Gasteiger partial charge < -0.3 is 10.1 Å². The van der Waals surface area contributed by atoms with Gasteiger partial charge in [0.15, 0.2) is 0 Å². The normalized spacial score (nSPS) is 12.6. The van der Waals surface area contributed by atoms with E-state index >= 15 is 0 Å². The topological polar surface area (TPSA) is 75.7 Å². The van der Waals surface area contributed by atoms with Crippen LogP contribution < -0.4 is 10.1 Å². The molecule has 29 heavy (non-hydrogen) atoms. The molecule has 1 amide bonds. The van der Waals surface area contributed by atoms with Crippen LogP contribution in [0.15, 0.2) is 58.3 Å². The number of ether oxygens (including phenoxy) is 1. The third-order valence-electron chi connectivity index (χ3n) is 4.03. The Morgan fingerprint density at radius 1 is 1.14 bits per heavy atom. The van der Waals surface area contributed by atoms with Gasteiger partial charge in [0.2, 0.25) is 15.9 Å². The van der Waals surface area contributed by atoms with Crippen LogP contribution in [0.25, 0.3) is 0 Å². The zero-order chi connectivity index (χ0) is 21.4. The maximum Gasteiger partial charge on any atom is 0.242 e. The number of rotatable bonds is 10. The zero-order valence-corrected chi connectivity index (χ0v) is 19.0. The first-order chi connectivity index (χ1) is 13.7. The van der Waals surface area contributed by atoms with Crippen LogP contribution in [0.3, 0.4) is 0 Å². The van der Waals surface area contributed by atoms with Crippen molar-refractivity contribution in [3.05, 3.63) is 53.6 Å². The van der Waals surface area contributed by atoms with Crippen LogP contribution in [0.4, 0.5) is 0 Å². The maximum atomic E-state index is 12.4. The van der Waals surface area contributed by atoms with E-state index in [1.54, 1.807) is 24.3 Å². The average Bonchev–Trinajstić information content (AvgIpc) is 2.70. The fourth-order valence-corrected chi connectivity index (χ4v) is 4.38. The highest BCUT2D eigenvalue weighted by Crippen LogP contribution is 2.26. The molecular weight excluding hydrogens is 432 g/mol. The second-order valence-corrected chi connectivity index (χ2v) is 10.2. The molecule has 0 bridgehead atoms. The van der Waals surface area contributed by atoms with Crippen LogP contribution in [0.1, 0.15) is 13.3 Å². The predicted octanol–water partition coefficient (Wildman–Crippen LogP) is 3.66. The van der Waals surface area contributed by atoms with Crippen LogP contribution in [0.5, 0.6) is 5.75 Å². The third kappa shape index (κ3) is 6.92. The molecule has 9 heteroatoms. The van der Waals surface area contributed by atoms with Gasteiger partial charge in [0.1, 0.15) is 12.4 Å². The van der Waals surface area contributed by atoms with Crippen molar-refractivity contribution in [3.8, 4) is 5.75 Å². The molecule has 2 aromatic carbocycles. The molecule has 0 aliphatic rings. The van der Waals surface area contributed by atoms with Crippen molar-refractivity contribution in [2.45, 2.75) is 28.4 Å². The van der Waals surface area contributed by atoms with E-state index in [4.69, 9.17) is 16.3 Å². The molecule has 1 N–H and O–H groups in total. The van der Waals surface area contributed by atoms with E-state index in [1.165, 1.54) is 38.0 Å². The van der Waals surface area contributed by atoms with Crippen molar-refractivity contribution >= 4 is 39.3 Å². The quantitative estimate of drug-likeness (QED) is 0.436. The molecule has 0 fully saturated rings. The van der Waals surface area contributed by atoms with Crippen molar-refractivity contribution in [1.29, 1.82) is 0 Å². The highest BCUT2D eigenvalue weighted by Gasteiger charge is 2.18. The third-order valence-corrected chi connectivity index (χ3v) is 7.49. The van der Waals surface area contributed by atoms with E-state index in [0.717, 1.165) is 9.20 Å². The standard InChI is InChI=1S/C20H25ClN2O4S2/c1-4-19(28-17-9-5-15(21)6-10-17)20(24)22-13-14-27-16-7-11-18(12-8-16)29(25,26)23(2)3/h5-12,19H,4,13-14H2,1-3H3,(H,22,24). The number of carbonyl (C=O) groups is 1. The summed E-state index contributed by atoms with van der Waals surface area (Å²) < 4.78 is 30.8. The summed E-state index contributed by atoms with van der Waals surface area (Å²) in [5, 5.41) is 3.33. The molecule has 0 aliphatic carbocycles. The average molecular weight is 457 g/mol. The molecule has 0 heterocycles. The maximum absolute atomic E-state index is 12.4. The van der Waals surface area contributed by atoms with E-state index in [2.05, 4.69) is 5.32 Å². The van der Waals surface area contributed by atoms with Gasteiger partial charge in [-0.25, -0.2) is 12.7 Å². The van der Waals surface area contributed by atoms with Crippen molar-refractivity contribution in [1.82, 2.24) is 9.62 Å². The lowest BCUT2D eigenvalue weighted by Gasteiger charge is -2.15. The molecule has 0 radical (unpaired) electrons. The Morgan fingerprint density at radius 3 is 2.31 bits per heavy atom. The van der Waals surface area contributed by atoms with E-state index < -0.39 is 10.0 Å². The number of halogens is 1. The summed E-state index contributed by atoms with van der Waals surface area (Å²) in [4.78, 5) is 13.6. The van der Waals surface area contributed by atoms with E-state index in [9.17, 15) is 13.2 Å². The van der Waals surface area contributed by atoms with Gasteiger partial charge in [0.25, 0.3) is 0 Å². The van der Waals surface area contributed by atoms with Gasteiger partial charge in [-0.2, -0.15) is 0 Å². The summed E-state index contributed by atoms with van der Waals surface area (Å²) in [6, 6.07) is 13.6. The smallest absolute Gasteiger partial charge is 0.242 e. The van der Waals surface area contributed by atoms with Gasteiger partial charge in [-0.3, -0.25) is 4.79 Å². The first-order valence-corrected chi connectivity index (χ1v) is 11.8. The molecule has 0 saturated heterocycles. The van der Waals surface area contributed by atoms with Crippen LogP contribution >= 0.6 is 23.4 Å². The molecule has 2 rings (SSSR count). The SMILES string of the molecule is CCC(Sc1ccc(Cl)cc1)C(=O)NCCOc1ccc(S(=O)(=O)N(C)C)cc1. The van der Waals surface area contributed by atoms with Gasteiger partial charge in [-0.1, -0.05) is 18.5 Å². The second kappa shape index (κ2) is 10.9. The van der Waals surface area contributed by atoms with Crippen LogP contribution in [0.2, 0.25) is 5.02 Å². The summed E-state index contributed by atoms with van der Waals surface area (Å²) in [7, 11) is -0.493. The minimum Gasteiger partial charge on any atom is -0.492 e.